The molecule has 20 heavy (non-hydrogen) atoms. The lowest BCUT2D eigenvalue weighted by atomic mass is 9.95. The molecule has 0 radical (unpaired) electrons. The van der Waals surface area contributed by atoms with Crippen molar-refractivity contribution in [3.05, 3.63) is 43.3 Å². The maximum atomic E-state index is 3.51. The second kappa shape index (κ2) is 5.28. The minimum Gasteiger partial charge on any atom is -0.308 e. The molecule has 0 aliphatic heterocycles. The number of nitrogens with one attached hydrogen (secondary N) is 1. The topological polar surface area (TPSA) is 12.0 Å². The molecule has 1 aliphatic carbocycles. The summed E-state index contributed by atoms with van der Waals surface area (Å²) >= 11 is 3.96. The molecule has 1 N–H and O–H groups in total. The summed E-state index contributed by atoms with van der Waals surface area (Å²) in [7, 11) is 2.08. The summed E-state index contributed by atoms with van der Waals surface area (Å²) in [5, 5.41) is 3.51. The van der Waals surface area contributed by atoms with Crippen LogP contribution in [0.2, 0.25) is 0 Å². The second-order valence-electron chi connectivity index (χ2n) is 6.62. The third-order valence-electron chi connectivity index (χ3n) is 3.99. The van der Waals surface area contributed by atoms with Crippen molar-refractivity contribution in [3.8, 4) is 0 Å². The van der Waals surface area contributed by atoms with Gasteiger partial charge in [0.2, 0.25) is 0 Å². The van der Waals surface area contributed by atoms with E-state index in [1.165, 1.54) is 33.9 Å². The van der Waals surface area contributed by atoms with Gasteiger partial charge in [-0.05, 0) is 55.5 Å². The fraction of sp³-hybridized carbons (Fsp3) is 0.529. The standard InChI is InChI=1S/C17H23NS2/c1-17(2,3)15-9-8-13(20-15)16(18-4)14-10-11-6-5-7-12(11)19-14/h8-10,16,18H,5-7H2,1-4H3. The first-order chi connectivity index (χ1) is 9.49. The van der Waals surface area contributed by atoms with Crippen LogP contribution in [0.1, 0.15) is 58.3 Å². The highest BCUT2D eigenvalue weighted by molar-refractivity contribution is 7.13. The Balaban J connectivity index is 1.91. The van der Waals surface area contributed by atoms with Crippen molar-refractivity contribution < 1.29 is 0 Å². The summed E-state index contributed by atoms with van der Waals surface area (Å²) in [5.74, 6) is 0. The molecule has 0 spiro atoms. The zero-order valence-corrected chi connectivity index (χ0v) is 14.4. The predicted molar refractivity (Wildman–Crippen MR) is 90.3 cm³/mol. The van der Waals surface area contributed by atoms with Crippen molar-refractivity contribution in [1.82, 2.24) is 5.32 Å². The number of hydrogen-bond donors (Lipinski definition) is 1. The van der Waals surface area contributed by atoms with Gasteiger partial charge in [-0.25, -0.2) is 0 Å². The van der Waals surface area contributed by atoms with Gasteiger partial charge in [0.1, 0.15) is 0 Å². The molecule has 1 aliphatic rings. The third kappa shape index (κ3) is 2.59. The molecule has 0 bridgehead atoms. The summed E-state index contributed by atoms with van der Waals surface area (Å²) in [4.78, 5) is 6.02. The SMILES string of the molecule is CNC(c1ccc(C(C)(C)C)s1)c1cc2c(s1)CCC2. The van der Waals surface area contributed by atoms with Crippen LogP contribution >= 0.6 is 22.7 Å². The molecule has 3 rings (SSSR count). The lowest BCUT2D eigenvalue weighted by Crippen LogP contribution is -2.15. The average molecular weight is 306 g/mol. The van der Waals surface area contributed by atoms with E-state index in [0.717, 1.165) is 0 Å². The van der Waals surface area contributed by atoms with Crippen molar-refractivity contribution in [3.63, 3.8) is 0 Å². The minimum absolute atomic E-state index is 0.248. The number of fused-ring (bicyclic) bond motifs is 1. The molecule has 108 valence electrons. The molecule has 1 atom stereocenters. The molecular weight excluding hydrogens is 282 g/mol. The number of aryl methyl sites for hydroxylation is 2. The van der Waals surface area contributed by atoms with Crippen molar-refractivity contribution in [1.29, 1.82) is 0 Å². The molecule has 2 heterocycles. The van der Waals surface area contributed by atoms with Crippen molar-refractivity contribution in [2.45, 2.75) is 51.5 Å². The molecule has 1 unspecified atom stereocenters. The lowest BCUT2D eigenvalue weighted by molar-refractivity contribution is 0.604. The molecule has 0 saturated carbocycles. The smallest absolute Gasteiger partial charge is 0.0762 e. The van der Waals surface area contributed by atoms with E-state index in [1.54, 1.807) is 10.4 Å². The average Bonchev–Trinajstić information content (AvgIpc) is 3.01. The van der Waals surface area contributed by atoms with Crippen LogP contribution < -0.4 is 5.32 Å². The van der Waals surface area contributed by atoms with Gasteiger partial charge in [0.05, 0.1) is 6.04 Å². The zero-order valence-electron chi connectivity index (χ0n) is 12.7. The third-order valence-corrected chi connectivity index (χ3v) is 6.87. The lowest BCUT2D eigenvalue weighted by Gasteiger charge is -2.16. The van der Waals surface area contributed by atoms with Gasteiger partial charge in [0, 0.05) is 19.5 Å². The van der Waals surface area contributed by atoms with Crippen LogP contribution in [-0.4, -0.2) is 7.05 Å². The summed E-state index contributed by atoms with van der Waals surface area (Å²) < 4.78 is 0. The number of thiophene rings is 2. The van der Waals surface area contributed by atoms with E-state index >= 15 is 0 Å². The Morgan fingerprint density at radius 3 is 2.50 bits per heavy atom. The van der Waals surface area contributed by atoms with E-state index in [1.807, 2.05) is 22.7 Å². The molecule has 3 heteroatoms. The van der Waals surface area contributed by atoms with E-state index in [-0.39, 0.29) is 5.41 Å². The molecule has 1 nitrogen and oxygen atoms in total. The summed E-state index contributed by atoms with van der Waals surface area (Å²) in [6.07, 6.45) is 3.91. The predicted octanol–water partition coefficient (Wildman–Crippen LogP) is 4.90. The first-order valence-electron chi connectivity index (χ1n) is 7.38. The Morgan fingerprint density at radius 1 is 1.10 bits per heavy atom. The minimum atomic E-state index is 0.248. The van der Waals surface area contributed by atoms with Crippen molar-refractivity contribution in [2.75, 3.05) is 7.05 Å². The molecule has 0 saturated heterocycles. The monoisotopic (exact) mass is 305 g/mol. The van der Waals surface area contributed by atoms with E-state index in [0.29, 0.717) is 6.04 Å². The van der Waals surface area contributed by atoms with Gasteiger partial charge >= 0.3 is 0 Å². The fourth-order valence-electron chi connectivity index (χ4n) is 2.83. The molecule has 2 aromatic rings. The van der Waals surface area contributed by atoms with E-state index in [2.05, 4.69) is 51.3 Å². The highest BCUT2D eigenvalue weighted by Gasteiger charge is 2.23. The highest BCUT2D eigenvalue weighted by Crippen LogP contribution is 2.39. The highest BCUT2D eigenvalue weighted by atomic mass is 32.1. The molecule has 0 fully saturated rings. The van der Waals surface area contributed by atoms with Gasteiger partial charge in [-0.15, -0.1) is 22.7 Å². The van der Waals surface area contributed by atoms with Gasteiger partial charge in [-0.1, -0.05) is 20.8 Å². The van der Waals surface area contributed by atoms with Crippen LogP contribution in [0.4, 0.5) is 0 Å². The quantitative estimate of drug-likeness (QED) is 0.850. The number of hydrogen-bond acceptors (Lipinski definition) is 3. The Hall–Kier alpha value is -0.640. The fourth-order valence-corrected chi connectivity index (χ4v) is 5.49. The zero-order chi connectivity index (χ0) is 14.3. The second-order valence-corrected chi connectivity index (χ2v) is 8.91. The Labute approximate surface area is 130 Å². The van der Waals surface area contributed by atoms with Crippen LogP contribution in [0.15, 0.2) is 18.2 Å². The van der Waals surface area contributed by atoms with Crippen molar-refractivity contribution >= 4 is 22.7 Å². The van der Waals surface area contributed by atoms with Gasteiger partial charge < -0.3 is 5.32 Å². The summed E-state index contributed by atoms with van der Waals surface area (Å²) in [5.41, 5.74) is 1.84. The van der Waals surface area contributed by atoms with Gasteiger partial charge in [0.25, 0.3) is 0 Å². The Bertz CT molecular complexity index is 579. The summed E-state index contributed by atoms with van der Waals surface area (Å²) in [6.45, 7) is 6.87. The van der Waals surface area contributed by atoms with E-state index < -0.39 is 0 Å². The van der Waals surface area contributed by atoms with Crippen LogP contribution in [-0.2, 0) is 18.3 Å². The van der Waals surface area contributed by atoms with Crippen LogP contribution in [0.5, 0.6) is 0 Å². The van der Waals surface area contributed by atoms with Crippen LogP contribution in [0, 0.1) is 0 Å². The van der Waals surface area contributed by atoms with E-state index in [9.17, 15) is 0 Å². The Morgan fingerprint density at radius 2 is 1.90 bits per heavy atom. The molecule has 0 amide bonds. The maximum Gasteiger partial charge on any atom is 0.0762 e. The first-order valence-corrected chi connectivity index (χ1v) is 9.01. The van der Waals surface area contributed by atoms with E-state index in [4.69, 9.17) is 0 Å². The van der Waals surface area contributed by atoms with Crippen LogP contribution in [0.3, 0.4) is 0 Å². The van der Waals surface area contributed by atoms with Gasteiger partial charge in [-0.3, -0.25) is 0 Å². The first kappa shape index (κ1) is 14.3. The summed E-state index contributed by atoms with van der Waals surface area (Å²) in [6, 6.07) is 7.40. The number of rotatable bonds is 3. The van der Waals surface area contributed by atoms with Gasteiger partial charge in [-0.2, -0.15) is 0 Å². The molecule has 2 aromatic heterocycles. The Kier molecular flexibility index (Phi) is 3.78. The van der Waals surface area contributed by atoms with Gasteiger partial charge in [0.15, 0.2) is 0 Å². The normalized spacial score (nSPS) is 16.4. The maximum absolute atomic E-state index is 3.51. The largest absolute Gasteiger partial charge is 0.308 e. The van der Waals surface area contributed by atoms with Crippen LogP contribution in [0.25, 0.3) is 0 Å². The molecular formula is C17H23NS2. The molecule has 0 aromatic carbocycles. The van der Waals surface area contributed by atoms with Crippen molar-refractivity contribution in [2.24, 2.45) is 0 Å².